The molecule has 6 rings (SSSR count). The minimum Gasteiger partial charge on any atom is -0.313 e. The first-order valence-corrected chi connectivity index (χ1v) is 10.7. The van der Waals surface area contributed by atoms with Crippen LogP contribution < -0.4 is 11.5 Å². The molecule has 8 heteroatoms. The van der Waals surface area contributed by atoms with Crippen LogP contribution in [0.3, 0.4) is 0 Å². The molecule has 0 saturated carbocycles. The van der Waals surface area contributed by atoms with E-state index in [1.54, 1.807) is 36.4 Å². The van der Waals surface area contributed by atoms with E-state index in [0.717, 1.165) is 31.7 Å². The van der Waals surface area contributed by atoms with Gasteiger partial charge in [0.25, 0.3) is 23.6 Å². The monoisotopic (exact) mass is 450 g/mol. The smallest absolute Gasteiger partial charge is 0.262 e. The van der Waals surface area contributed by atoms with Gasteiger partial charge in [0.05, 0.1) is 13.3 Å². The Labute approximate surface area is 193 Å². The number of imide groups is 2. The number of rotatable bonds is 3. The number of hydrogen-bond acceptors (Lipinski definition) is 6. The summed E-state index contributed by atoms with van der Waals surface area (Å²) < 4.78 is 0. The summed E-state index contributed by atoms with van der Waals surface area (Å²) in [5.74, 6) is -1.73. The van der Waals surface area contributed by atoms with Crippen LogP contribution in [0.25, 0.3) is 32.7 Å². The van der Waals surface area contributed by atoms with E-state index in [-0.39, 0.29) is 13.3 Å². The predicted molar refractivity (Wildman–Crippen MR) is 126 cm³/mol. The molecule has 0 saturated heterocycles. The Bertz CT molecular complexity index is 1460. The van der Waals surface area contributed by atoms with Crippen LogP contribution in [-0.2, 0) is 0 Å². The summed E-state index contributed by atoms with van der Waals surface area (Å²) in [4.78, 5) is 53.7. The number of nitrogens with two attached hydrogens (primary N) is 2. The second-order valence-electron chi connectivity index (χ2n) is 8.22. The van der Waals surface area contributed by atoms with Crippen LogP contribution in [0.2, 0.25) is 0 Å². The molecule has 0 radical (unpaired) electrons. The molecular weight excluding hydrogens is 432 g/mol. The summed E-state index contributed by atoms with van der Waals surface area (Å²) in [5.41, 5.74) is 14.5. The van der Waals surface area contributed by atoms with E-state index in [0.29, 0.717) is 33.0 Å². The Morgan fingerprint density at radius 2 is 0.794 bits per heavy atom. The molecule has 0 bridgehead atoms. The maximum atomic E-state index is 12.9. The topological polar surface area (TPSA) is 127 Å². The molecule has 0 aromatic heterocycles. The first kappa shape index (κ1) is 20.2. The molecule has 4 N–H and O–H groups in total. The predicted octanol–water partition coefficient (Wildman–Crippen LogP) is 2.68. The van der Waals surface area contributed by atoms with Gasteiger partial charge >= 0.3 is 0 Å². The summed E-state index contributed by atoms with van der Waals surface area (Å²) >= 11 is 0. The largest absolute Gasteiger partial charge is 0.313 e. The highest BCUT2D eigenvalue weighted by Gasteiger charge is 2.34. The third-order valence-corrected chi connectivity index (χ3v) is 6.64. The summed E-state index contributed by atoms with van der Waals surface area (Å²) in [5, 5.41) is 2.60. The molecule has 8 nitrogen and oxygen atoms in total. The van der Waals surface area contributed by atoms with Gasteiger partial charge in [0.15, 0.2) is 0 Å². The summed E-state index contributed by atoms with van der Waals surface area (Å²) in [6.45, 7) is -0.405. The summed E-state index contributed by atoms with van der Waals surface area (Å²) in [6.07, 6.45) is 0. The van der Waals surface area contributed by atoms with Crippen LogP contribution in [-0.4, -0.2) is 46.8 Å². The van der Waals surface area contributed by atoms with E-state index in [2.05, 4.69) is 0 Å². The molecule has 2 aliphatic rings. The van der Waals surface area contributed by atoms with Gasteiger partial charge in [-0.1, -0.05) is 36.4 Å². The molecule has 0 unspecified atom stereocenters. The van der Waals surface area contributed by atoms with Crippen molar-refractivity contribution in [2.24, 2.45) is 11.5 Å². The minimum atomic E-state index is -0.433. The van der Waals surface area contributed by atoms with Gasteiger partial charge < -0.3 is 11.5 Å². The summed E-state index contributed by atoms with van der Waals surface area (Å²) in [7, 11) is 0. The van der Waals surface area contributed by atoms with Crippen LogP contribution in [0.15, 0.2) is 60.7 Å². The molecule has 4 aromatic carbocycles. The van der Waals surface area contributed by atoms with Crippen LogP contribution >= 0.6 is 0 Å². The Hall–Kier alpha value is -4.40. The van der Waals surface area contributed by atoms with Crippen molar-refractivity contribution in [3.05, 3.63) is 82.9 Å². The van der Waals surface area contributed by atoms with Crippen LogP contribution in [0, 0.1) is 0 Å². The van der Waals surface area contributed by atoms with E-state index in [1.165, 1.54) is 0 Å². The molecule has 4 aromatic rings. The zero-order chi connectivity index (χ0) is 23.7. The van der Waals surface area contributed by atoms with Gasteiger partial charge in [-0.15, -0.1) is 0 Å². The lowest BCUT2D eigenvalue weighted by atomic mass is 9.85. The maximum absolute atomic E-state index is 12.9. The fourth-order valence-corrected chi connectivity index (χ4v) is 5.09. The van der Waals surface area contributed by atoms with Crippen LogP contribution in [0.4, 0.5) is 0 Å². The Morgan fingerprint density at radius 3 is 1.15 bits per heavy atom. The van der Waals surface area contributed by atoms with Gasteiger partial charge in [-0.25, -0.2) is 0 Å². The van der Waals surface area contributed by atoms with Crippen LogP contribution in [0.5, 0.6) is 0 Å². The van der Waals surface area contributed by atoms with Crippen molar-refractivity contribution >= 4 is 45.2 Å². The maximum Gasteiger partial charge on any atom is 0.262 e. The Kier molecular flexibility index (Phi) is 4.19. The second-order valence-corrected chi connectivity index (χ2v) is 8.22. The molecular formula is C26H18N4O4. The number of carbonyl (C=O) groups is 4. The minimum absolute atomic E-state index is 0.202. The van der Waals surface area contributed by atoms with Crippen molar-refractivity contribution in [2.75, 3.05) is 13.3 Å². The third kappa shape index (κ3) is 2.43. The third-order valence-electron chi connectivity index (χ3n) is 6.64. The average molecular weight is 450 g/mol. The van der Waals surface area contributed by atoms with Gasteiger partial charge in [0.1, 0.15) is 0 Å². The molecule has 166 valence electrons. The highest BCUT2D eigenvalue weighted by atomic mass is 16.2. The van der Waals surface area contributed by atoms with Crippen molar-refractivity contribution in [3.8, 4) is 11.1 Å². The highest BCUT2D eigenvalue weighted by Crippen LogP contribution is 2.41. The lowest BCUT2D eigenvalue weighted by molar-refractivity contribution is 0.0599. The highest BCUT2D eigenvalue weighted by molar-refractivity contribution is 6.29. The Morgan fingerprint density at radius 1 is 0.471 bits per heavy atom. The molecule has 0 spiro atoms. The van der Waals surface area contributed by atoms with Crippen molar-refractivity contribution in [1.82, 2.24) is 9.80 Å². The van der Waals surface area contributed by atoms with E-state index in [1.807, 2.05) is 24.3 Å². The first-order valence-electron chi connectivity index (χ1n) is 10.7. The lowest BCUT2D eigenvalue weighted by Gasteiger charge is -2.28. The zero-order valence-electron chi connectivity index (χ0n) is 17.9. The zero-order valence-corrected chi connectivity index (χ0v) is 17.9. The van der Waals surface area contributed by atoms with E-state index in [4.69, 9.17) is 11.5 Å². The molecule has 0 atom stereocenters. The van der Waals surface area contributed by atoms with E-state index < -0.39 is 23.6 Å². The van der Waals surface area contributed by atoms with Gasteiger partial charge in [-0.2, -0.15) is 0 Å². The first-order chi connectivity index (χ1) is 16.5. The fourth-order valence-electron chi connectivity index (χ4n) is 5.09. The standard InChI is InChI=1S/C26H18N4O4/c27-11-29-23(31)17-5-1-3-15-13(7-9-19(21(15)17)25(29)33)14-8-10-20-22-16(14)4-2-6-18(22)24(32)30(12-28)26(20)34/h1-10H,11-12,27-28H2. The number of amides is 4. The molecule has 2 aliphatic heterocycles. The van der Waals surface area contributed by atoms with E-state index in [9.17, 15) is 19.2 Å². The molecule has 0 aliphatic carbocycles. The van der Waals surface area contributed by atoms with Crippen molar-refractivity contribution in [2.45, 2.75) is 0 Å². The van der Waals surface area contributed by atoms with Crippen molar-refractivity contribution < 1.29 is 19.2 Å². The van der Waals surface area contributed by atoms with E-state index >= 15 is 0 Å². The van der Waals surface area contributed by atoms with Crippen LogP contribution in [0.1, 0.15) is 41.4 Å². The molecule has 0 fully saturated rings. The fraction of sp³-hybridized carbons (Fsp3) is 0.0769. The normalized spacial score (nSPS) is 15.1. The Balaban J connectivity index is 1.67. The molecule has 4 amide bonds. The van der Waals surface area contributed by atoms with Gasteiger partial charge in [-0.05, 0) is 46.2 Å². The number of carbonyl (C=O) groups excluding carboxylic acids is 4. The second kappa shape index (κ2) is 7.05. The SMILES string of the molecule is NCN1C(=O)c2cccc3c(-c4ccc5c6c(cccc46)C(=O)N(CN)C5=O)ccc(c23)C1=O. The number of nitrogens with zero attached hydrogens (tertiary/aromatic N) is 2. The molecule has 2 heterocycles. The van der Waals surface area contributed by atoms with Gasteiger partial charge in [-0.3, -0.25) is 29.0 Å². The average Bonchev–Trinajstić information content (AvgIpc) is 2.86. The van der Waals surface area contributed by atoms with Crippen molar-refractivity contribution in [1.29, 1.82) is 0 Å². The summed E-state index contributed by atoms with van der Waals surface area (Å²) in [6, 6.07) is 17.7. The van der Waals surface area contributed by atoms with Gasteiger partial charge in [0.2, 0.25) is 0 Å². The van der Waals surface area contributed by atoms with Crippen molar-refractivity contribution in [3.63, 3.8) is 0 Å². The number of benzene rings is 4. The molecule has 34 heavy (non-hydrogen) atoms. The van der Waals surface area contributed by atoms with Gasteiger partial charge in [0, 0.05) is 33.0 Å². The number of hydrogen-bond donors (Lipinski definition) is 2. The lowest BCUT2D eigenvalue weighted by Crippen LogP contribution is -2.43. The quantitative estimate of drug-likeness (QED) is 0.462.